The summed E-state index contributed by atoms with van der Waals surface area (Å²) in [7, 11) is 3.26. The van der Waals surface area contributed by atoms with Crippen molar-refractivity contribution < 1.29 is 9.47 Å². The first-order valence-corrected chi connectivity index (χ1v) is 7.44. The first kappa shape index (κ1) is 14.0. The molecule has 108 valence electrons. The first-order valence-electron chi connectivity index (χ1n) is 6.25. The summed E-state index contributed by atoms with van der Waals surface area (Å²) >= 11 is 7.53. The van der Waals surface area contributed by atoms with Crippen LogP contribution < -0.4 is 14.8 Å². The maximum atomic E-state index is 6.00. The van der Waals surface area contributed by atoms with E-state index in [0.29, 0.717) is 5.02 Å². The van der Waals surface area contributed by atoms with E-state index in [4.69, 9.17) is 21.1 Å². The lowest BCUT2D eigenvalue weighted by molar-refractivity contribution is 0.405. The number of nitrogens with one attached hydrogen (secondary N) is 1. The highest BCUT2D eigenvalue weighted by Gasteiger charge is 2.09. The van der Waals surface area contributed by atoms with Crippen molar-refractivity contribution in [2.75, 3.05) is 19.5 Å². The third-order valence-electron chi connectivity index (χ3n) is 3.00. The van der Waals surface area contributed by atoms with E-state index in [0.717, 1.165) is 32.5 Å². The number of nitrogens with zero attached hydrogens (tertiary/aromatic N) is 1. The number of rotatable bonds is 4. The molecule has 0 unspecified atom stereocenters. The maximum Gasteiger partial charge on any atom is 0.188 e. The lowest BCUT2D eigenvalue weighted by atomic mass is 10.2. The SMILES string of the molecule is COc1ccc(OC)c(Nc2nc3ccc(Cl)cc3s2)c1. The molecule has 0 atom stereocenters. The number of methoxy groups -OCH3 is 2. The van der Waals surface area contributed by atoms with Crippen molar-refractivity contribution in [1.29, 1.82) is 0 Å². The first-order chi connectivity index (χ1) is 10.2. The smallest absolute Gasteiger partial charge is 0.188 e. The van der Waals surface area contributed by atoms with Gasteiger partial charge >= 0.3 is 0 Å². The molecule has 0 bridgehead atoms. The third kappa shape index (κ3) is 2.89. The van der Waals surface area contributed by atoms with Gasteiger partial charge in [-0.2, -0.15) is 0 Å². The molecule has 0 saturated heterocycles. The number of halogens is 1. The Hall–Kier alpha value is -1.98. The largest absolute Gasteiger partial charge is 0.497 e. The van der Waals surface area contributed by atoms with Crippen LogP contribution in [0.1, 0.15) is 0 Å². The zero-order valence-corrected chi connectivity index (χ0v) is 13.1. The van der Waals surface area contributed by atoms with Crippen molar-refractivity contribution in [1.82, 2.24) is 4.98 Å². The number of fused-ring (bicyclic) bond motifs is 1. The van der Waals surface area contributed by atoms with Crippen LogP contribution in [0.2, 0.25) is 5.02 Å². The fraction of sp³-hybridized carbons (Fsp3) is 0.133. The van der Waals surface area contributed by atoms with Crippen LogP contribution in [0.5, 0.6) is 11.5 Å². The van der Waals surface area contributed by atoms with Crippen LogP contribution in [0, 0.1) is 0 Å². The quantitative estimate of drug-likeness (QED) is 0.756. The van der Waals surface area contributed by atoms with Crippen molar-refractivity contribution in [3.8, 4) is 11.5 Å². The van der Waals surface area contributed by atoms with E-state index in [9.17, 15) is 0 Å². The summed E-state index contributed by atoms with van der Waals surface area (Å²) in [6.45, 7) is 0. The van der Waals surface area contributed by atoms with Crippen LogP contribution in [0.15, 0.2) is 36.4 Å². The third-order valence-corrected chi connectivity index (χ3v) is 4.17. The summed E-state index contributed by atoms with van der Waals surface area (Å²) in [6.07, 6.45) is 0. The molecule has 3 aromatic rings. The van der Waals surface area contributed by atoms with E-state index in [1.54, 1.807) is 14.2 Å². The Balaban J connectivity index is 1.97. The molecule has 2 aromatic carbocycles. The number of hydrogen-bond donors (Lipinski definition) is 1. The minimum atomic E-state index is 0.705. The zero-order chi connectivity index (χ0) is 14.8. The Morgan fingerprint density at radius 3 is 2.71 bits per heavy atom. The predicted octanol–water partition coefficient (Wildman–Crippen LogP) is 4.71. The molecule has 1 aromatic heterocycles. The molecule has 0 aliphatic carbocycles. The minimum absolute atomic E-state index is 0.705. The van der Waals surface area contributed by atoms with Gasteiger partial charge in [-0.25, -0.2) is 4.98 Å². The lowest BCUT2D eigenvalue weighted by Crippen LogP contribution is -1.95. The molecule has 0 radical (unpaired) electrons. The Labute approximate surface area is 131 Å². The van der Waals surface area contributed by atoms with Crippen LogP contribution >= 0.6 is 22.9 Å². The topological polar surface area (TPSA) is 43.4 Å². The molecule has 1 N–H and O–H groups in total. The molecule has 0 aliphatic rings. The van der Waals surface area contributed by atoms with Gasteiger partial charge in [0, 0.05) is 11.1 Å². The van der Waals surface area contributed by atoms with Crippen molar-refractivity contribution in [2.45, 2.75) is 0 Å². The molecule has 0 aliphatic heterocycles. The van der Waals surface area contributed by atoms with Crippen molar-refractivity contribution in [3.63, 3.8) is 0 Å². The second kappa shape index (κ2) is 5.79. The van der Waals surface area contributed by atoms with E-state index < -0.39 is 0 Å². The van der Waals surface area contributed by atoms with E-state index in [-0.39, 0.29) is 0 Å². The summed E-state index contributed by atoms with van der Waals surface area (Å²) in [5.74, 6) is 1.48. The second-order valence-corrected chi connectivity index (χ2v) is 5.79. The van der Waals surface area contributed by atoms with Gasteiger partial charge in [0.15, 0.2) is 5.13 Å². The summed E-state index contributed by atoms with van der Waals surface area (Å²) < 4.78 is 11.6. The molecule has 4 nitrogen and oxygen atoms in total. The number of benzene rings is 2. The van der Waals surface area contributed by atoms with Crippen molar-refractivity contribution in [2.24, 2.45) is 0 Å². The number of hydrogen-bond acceptors (Lipinski definition) is 5. The predicted molar refractivity (Wildman–Crippen MR) is 87.5 cm³/mol. The van der Waals surface area contributed by atoms with Gasteiger partial charge in [-0.1, -0.05) is 22.9 Å². The number of aromatic nitrogens is 1. The second-order valence-electron chi connectivity index (χ2n) is 4.32. The number of thiazole rings is 1. The molecule has 3 rings (SSSR count). The molecule has 0 amide bonds. The van der Waals surface area contributed by atoms with E-state index in [1.807, 2.05) is 36.4 Å². The molecule has 6 heteroatoms. The molecule has 0 saturated carbocycles. The van der Waals surface area contributed by atoms with Crippen LogP contribution in [0.3, 0.4) is 0 Å². The normalized spacial score (nSPS) is 10.6. The van der Waals surface area contributed by atoms with Gasteiger partial charge in [0.1, 0.15) is 11.5 Å². The molecule has 0 fully saturated rings. The van der Waals surface area contributed by atoms with E-state index in [2.05, 4.69) is 10.3 Å². The number of anilines is 2. The minimum Gasteiger partial charge on any atom is -0.497 e. The van der Waals surface area contributed by atoms with Gasteiger partial charge in [0.05, 0.1) is 30.1 Å². The van der Waals surface area contributed by atoms with Gasteiger partial charge < -0.3 is 14.8 Å². The molecule has 0 spiro atoms. The standard InChI is InChI=1S/C15H13ClN2O2S/c1-19-10-4-6-13(20-2)12(8-10)18-15-17-11-5-3-9(16)7-14(11)21-15/h3-8H,1-2H3,(H,17,18). The fourth-order valence-corrected chi connectivity index (χ4v) is 3.13. The van der Waals surface area contributed by atoms with E-state index >= 15 is 0 Å². The van der Waals surface area contributed by atoms with Crippen molar-refractivity contribution in [3.05, 3.63) is 41.4 Å². The summed E-state index contributed by atoms with van der Waals surface area (Å²) in [4.78, 5) is 4.53. The Morgan fingerprint density at radius 1 is 1.10 bits per heavy atom. The summed E-state index contributed by atoms with van der Waals surface area (Å²) in [5, 5.41) is 4.75. The molecule has 1 heterocycles. The van der Waals surface area contributed by atoms with Gasteiger partial charge in [0.25, 0.3) is 0 Å². The Kier molecular flexibility index (Phi) is 3.86. The fourth-order valence-electron chi connectivity index (χ4n) is 1.98. The van der Waals surface area contributed by atoms with Gasteiger partial charge in [0.2, 0.25) is 0 Å². The van der Waals surface area contributed by atoms with Gasteiger partial charge in [-0.3, -0.25) is 0 Å². The average Bonchev–Trinajstić information content (AvgIpc) is 2.88. The van der Waals surface area contributed by atoms with Crippen LogP contribution in [-0.4, -0.2) is 19.2 Å². The van der Waals surface area contributed by atoms with Gasteiger partial charge in [-0.15, -0.1) is 0 Å². The Bertz CT molecular complexity index is 788. The monoisotopic (exact) mass is 320 g/mol. The van der Waals surface area contributed by atoms with Crippen molar-refractivity contribution >= 4 is 44.0 Å². The molecular weight excluding hydrogens is 308 g/mol. The summed E-state index contributed by atoms with van der Waals surface area (Å²) in [6, 6.07) is 11.2. The van der Waals surface area contributed by atoms with Crippen LogP contribution in [0.25, 0.3) is 10.2 Å². The van der Waals surface area contributed by atoms with E-state index in [1.165, 1.54) is 11.3 Å². The highest BCUT2D eigenvalue weighted by Crippen LogP contribution is 2.35. The lowest BCUT2D eigenvalue weighted by Gasteiger charge is -2.10. The highest BCUT2D eigenvalue weighted by atomic mass is 35.5. The van der Waals surface area contributed by atoms with Gasteiger partial charge in [-0.05, 0) is 30.3 Å². The zero-order valence-electron chi connectivity index (χ0n) is 11.5. The Morgan fingerprint density at radius 2 is 1.95 bits per heavy atom. The maximum absolute atomic E-state index is 6.00. The number of ether oxygens (including phenoxy) is 2. The molecular formula is C15H13ClN2O2S. The molecule has 21 heavy (non-hydrogen) atoms. The van der Waals surface area contributed by atoms with Crippen LogP contribution in [0.4, 0.5) is 10.8 Å². The average molecular weight is 321 g/mol. The van der Waals surface area contributed by atoms with Crippen LogP contribution in [-0.2, 0) is 0 Å². The highest BCUT2D eigenvalue weighted by molar-refractivity contribution is 7.22. The summed E-state index contributed by atoms with van der Waals surface area (Å²) in [5.41, 5.74) is 1.72.